The molecule has 0 bridgehead atoms. The molecule has 0 fully saturated rings. The summed E-state index contributed by atoms with van der Waals surface area (Å²) >= 11 is 0. The summed E-state index contributed by atoms with van der Waals surface area (Å²) in [6.07, 6.45) is -0.0735. The summed E-state index contributed by atoms with van der Waals surface area (Å²) in [4.78, 5) is 25.3. The van der Waals surface area contributed by atoms with Gasteiger partial charge in [0, 0.05) is 16.6 Å². The van der Waals surface area contributed by atoms with Crippen molar-refractivity contribution in [2.75, 3.05) is 5.32 Å². The number of fused-ring (bicyclic) bond motifs is 1. The second-order valence-corrected chi connectivity index (χ2v) is 7.50. The summed E-state index contributed by atoms with van der Waals surface area (Å²) in [6, 6.07) is 9.19. The van der Waals surface area contributed by atoms with Crippen molar-refractivity contribution in [1.82, 2.24) is 0 Å². The molecule has 5 heteroatoms. The topological polar surface area (TPSA) is 79.5 Å². The quantitative estimate of drug-likeness (QED) is 0.642. The van der Waals surface area contributed by atoms with Crippen LogP contribution in [0.15, 0.2) is 39.5 Å². The van der Waals surface area contributed by atoms with Crippen molar-refractivity contribution >= 4 is 22.6 Å². The lowest BCUT2D eigenvalue weighted by Crippen LogP contribution is -2.22. The van der Waals surface area contributed by atoms with Gasteiger partial charge in [-0.2, -0.15) is 0 Å². The van der Waals surface area contributed by atoms with Gasteiger partial charge in [0.25, 0.3) is 0 Å². The molecule has 146 valence electrons. The highest BCUT2D eigenvalue weighted by Gasteiger charge is 2.18. The molecular formula is C23H25NO4. The lowest BCUT2D eigenvalue weighted by Gasteiger charge is -2.17. The third kappa shape index (κ3) is 3.52. The molecule has 0 radical (unpaired) electrons. The second kappa shape index (κ2) is 7.50. The summed E-state index contributed by atoms with van der Waals surface area (Å²) < 4.78 is 5.43. The van der Waals surface area contributed by atoms with Crippen molar-refractivity contribution < 1.29 is 14.3 Å². The maximum absolute atomic E-state index is 12.7. The minimum absolute atomic E-state index is 0.0707. The number of rotatable bonds is 4. The predicted octanol–water partition coefficient (Wildman–Crippen LogP) is 4.73. The zero-order valence-electron chi connectivity index (χ0n) is 16.8. The van der Waals surface area contributed by atoms with Gasteiger partial charge in [0.15, 0.2) is 0 Å². The summed E-state index contributed by atoms with van der Waals surface area (Å²) in [6.45, 7) is 9.59. The van der Waals surface area contributed by atoms with Crippen LogP contribution in [0.2, 0.25) is 0 Å². The molecule has 2 N–H and O–H groups in total. The number of aryl methyl sites for hydroxylation is 3. The Kier molecular flexibility index (Phi) is 5.27. The van der Waals surface area contributed by atoms with Crippen LogP contribution in [0, 0.1) is 20.8 Å². The fourth-order valence-corrected chi connectivity index (χ4v) is 3.47. The maximum Gasteiger partial charge on any atom is 0.340 e. The molecule has 0 spiro atoms. The van der Waals surface area contributed by atoms with E-state index in [2.05, 4.69) is 19.2 Å². The molecule has 0 saturated heterocycles. The van der Waals surface area contributed by atoms with E-state index in [1.54, 1.807) is 26.0 Å². The number of carbonyl (C=O) groups is 1. The molecule has 0 saturated carbocycles. The Balaban J connectivity index is 1.97. The molecule has 0 aliphatic rings. The van der Waals surface area contributed by atoms with Crippen LogP contribution in [-0.4, -0.2) is 11.0 Å². The zero-order valence-corrected chi connectivity index (χ0v) is 16.8. The molecule has 1 aromatic heterocycles. The average Bonchev–Trinajstić information content (AvgIpc) is 2.63. The number of hydrogen-bond donors (Lipinski definition) is 2. The number of nitrogens with one attached hydrogen (secondary N) is 1. The minimum Gasteiger partial charge on any atom is -0.508 e. The van der Waals surface area contributed by atoms with Gasteiger partial charge in [0.1, 0.15) is 11.3 Å². The number of para-hydroxylation sites is 1. The van der Waals surface area contributed by atoms with E-state index in [1.165, 1.54) is 0 Å². The van der Waals surface area contributed by atoms with Gasteiger partial charge in [-0.05, 0) is 55.5 Å². The van der Waals surface area contributed by atoms with E-state index in [0.29, 0.717) is 22.3 Å². The minimum atomic E-state index is -0.553. The van der Waals surface area contributed by atoms with Crippen molar-refractivity contribution in [3.8, 4) is 5.75 Å². The van der Waals surface area contributed by atoms with Crippen LogP contribution in [0.1, 0.15) is 47.6 Å². The van der Waals surface area contributed by atoms with Crippen molar-refractivity contribution in [2.45, 2.75) is 47.0 Å². The highest BCUT2D eigenvalue weighted by Crippen LogP contribution is 2.30. The van der Waals surface area contributed by atoms with Crippen molar-refractivity contribution in [2.24, 2.45) is 0 Å². The monoisotopic (exact) mass is 379 g/mol. The highest BCUT2D eigenvalue weighted by molar-refractivity contribution is 5.95. The van der Waals surface area contributed by atoms with E-state index in [0.717, 1.165) is 22.2 Å². The number of aromatic hydroxyl groups is 1. The summed E-state index contributed by atoms with van der Waals surface area (Å²) in [5.41, 5.74) is 4.17. The molecule has 0 aliphatic heterocycles. The van der Waals surface area contributed by atoms with E-state index in [-0.39, 0.29) is 24.0 Å². The Labute approximate surface area is 164 Å². The molecule has 1 heterocycles. The fourth-order valence-electron chi connectivity index (χ4n) is 3.47. The molecular weight excluding hydrogens is 354 g/mol. The van der Waals surface area contributed by atoms with E-state index in [4.69, 9.17) is 4.42 Å². The lowest BCUT2D eigenvalue weighted by atomic mass is 9.97. The third-order valence-electron chi connectivity index (χ3n) is 5.20. The number of benzene rings is 2. The molecule has 28 heavy (non-hydrogen) atoms. The van der Waals surface area contributed by atoms with Gasteiger partial charge < -0.3 is 14.8 Å². The number of phenols is 1. The standard InChI is InChI=1S/C23H25NO4/c1-12(2)16-8-6-7-13(3)21(16)24-20(26)11-18-14(4)17-9-10-19(25)15(5)22(17)28-23(18)27/h6-10,12,25H,11H2,1-5H3,(H,24,26). The Morgan fingerprint density at radius 3 is 2.50 bits per heavy atom. The molecule has 0 aliphatic carbocycles. The molecule has 5 nitrogen and oxygen atoms in total. The van der Waals surface area contributed by atoms with Gasteiger partial charge in [0.2, 0.25) is 5.91 Å². The number of anilines is 1. The zero-order chi connectivity index (χ0) is 20.6. The van der Waals surface area contributed by atoms with Crippen molar-refractivity contribution in [3.05, 3.63) is 68.6 Å². The van der Waals surface area contributed by atoms with Crippen LogP contribution in [0.3, 0.4) is 0 Å². The SMILES string of the molecule is Cc1cccc(C(C)C)c1NC(=O)Cc1c(C)c2ccc(O)c(C)c2oc1=O. The lowest BCUT2D eigenvalue weighted by molar-refractivity contribution is -0.115. The van der Waals surface area contributed by atoms with Gasteiger partial charge in [-0.15, -0.1) is 0 Å². The van der Waals surface area contributed by atoms with Gasteiger partial charge in [-0.25, -0.2) is 4.79 Å². The first kappa shape index (κ1) is 19.7. The molecule has 0 atom stereocenters. The number of hydrogen-bond acceptors (Lipinski definition) is 4. The third-order valence-corrected chi connectivity index (χ3v) is 5.20. The Morgan fingerprint density at radius 2 is 1.82 bits per heavy atom. The van der Waals surface area contributed by atoms with Crippen LogP contribution in [-0.2, 0) is 11.2 Å². The summed E-state index contributed by atoms with van der Waals surface area (Å²) in [7, 11) is 0. The van der Waals surface area contributed by atoms with Gasteiger partial charge in [0.05, 0.1) is 12.0 Å². The van der Waals surface area contributed by atoms with E-state index < -0.39 is 5.63 Å². The average molecular weight is 379 g/mol. The molecule has 3 rings (SSSR count). The van der Waals surface area contributed by atoms with Crippen LogP contribution >= 0.6 is 0 Å². The second-order valence-electron chi connectivity index (χ2n) is 7.50. The summed E-state index contributed by atoms with van der Waals surface area (Å²) in [5, 5.41) is 13.5. The van der Waals surface area contributed by atoms with Gasteiger partial charge in [-0.1, -0.05) is 32.0 Å². The highest BCUT2D eigenvalue weighted by atomic mass is 16.4. The summed E-state index contributed by atoms with van der Waals surface area (Å²) in [5.74, 6) is 0.0705. The van der Waals surface area contributed by atoms with E-state index in [9.17, 15) is 14.7 Å². The first-order chi connectivity index (χ1) is 13.2. The maximum atomic E-state index is 12.7. The first-order valence-electron chi connectivity index (χ1n) is 9.35. The van der Waals surface area contributed by atoms with Gasteiger partial charge >= 0.3 is 5.63 Å². The largest absolute Gasteiger partial charge is 0.508 e. The number of phenolic OH excluding ortho intramolecular Hbond substituents is 1. The first-order valence-corrected chi connectivity index (χ1v) is 9.35. The smallest absolute Gasteiger partial charge is 0.340 e. The molecule has 2 aromatic carbocycles. The van der Waals surface area contributed by atoms with E-state index in [1.807, 2.05) is 25.1 Å². The normalized spacial score (nSPS) is 11.2. The van der Waals surface area contributed by atoms with Gasteiger partial charge in [-0.3, -0.25) is 4.79 Å². The fraction of sp³-hybridized carbons (Fsp3) is 0.304. The van der Waals surface area contributed by atoms with Crippen LogP contribution in [0.25, 0.3) is 11.0 Å². The number of carbonyl (C=O) groups excluding carboxylic acids is 1. The number of amides is 1. The molecule has 3 aromatic rings. The van der Waals surface area contributed by atoms with Crippen LogP contribution < -0.4 is 10.9 Å². The Morgan fingerprint density at radius 1 is 1.11 bits per heavy atom. The van der Waals surface area contributed by atoms with E-state index >= 15 is 0 Å². The Bertz CT molecular complexity index is 1130. The predicted molar refractivity (Wildman–Crippen MR) is 111 cm³/mol. The van der Waals surface area contributed by atoms with Crippen LogP contribution in [0.4, 0.5) is 5.69 Å². The van der Waals surface area contributed by atoms with Crippen molar-refractivity contribution in [1.29, 1.82) is 0 Å². The van der Waals surface area contributed by atoms with Crippen LogP contribution in [0.5, 0.6) is 5.75 Å². The van der Waals surface area contributed by atoms with Crippen molar-refractivity contribution in [3.63, 3.8) is 0 Å². The molecule has 0 unspecified atom stereocenters. The Hall–Kier alpha value is -3.08. The molecule has 1 amide bonds.